The SMILES string of the molecule is CC(C)CC(C)(CO)N(Cc1ccccc1)Cc1ccccc1. The first-order valence-electron chi connectivity index (χ1n) is 8.47. The van der Waals surface area contributed by atoms with Gasteiger partial charge in [0.15, 0.2) is 0 Å². The van der Waals surface area contributed by atoms with Crippen LogP contribution in [-0.2, 0) is 13.1 Å². The van der Waals surface area contributed by atoms with E-state index in [1.807, 2.05) is 12.1 Å². The molecule has 1 N–H and O–H groups in total. The minimum Gasteiger partial charge on any atom is -0.394 e. The van der Waals surface area contributed by atoms with E-state index in [1.54, 1.807) is 0 Å². The molecule has 0 bridgehead atoms. The summed E-state index contributed by atoms with van der Waals surface area (Å²) in [4.78, 5) is 2.41. The summed E-state index contributed by atoms with van der Waals surface area (Å²) in [7, 11) is 0. The van der Waals surface area contributed by atoms with E-state index in [0.29, 0.717) is 5.92 Å². The Bertz CT molecular complexity index is 525. The summed E-state index contributed by atoms with van der Waals surface area (Å²) in [5.74, 6) is 0.543. The molecule has 2 aromatic rings. The minimum absolute atomic E-state index is 0.171. The summed E-state index contributed by atoms with van der Waals surface area (Å²) in [5.41, 5.74) is 2.35. The van der Waals surface area contributed by atoms with Gasteiger partial charge in [-0.05, 0) is 30.4 Å². The second kappa shape index (κ2) is 8.28. The molecule has 2 aromatic carbocycles. The second-order valence-electron chi connectivity index (χ2n) is 7.08. The van der Waals surface area contributed by atoms with Gasteiger partial charge in [0, 0.05) is 18.6 Å². The number of nitrogens with zero attached hydrogens (tertiary/aromatic N) is 1. The van der Waals surface area contributed by atoms with Crippen molar-refractivity contribution in [3.63, 3.8) is 0 Å². The molecule has 1 unspecified atom stereocenters. The Balaban J connectivity index is 2.25. The van der Waals surface area contributed by atoms with E-state index < -0.39 is 0 Å². The number of hydrogen-bond acceptors (Lipinski definition) is 2. The minimum atomic E-state index is -0.222. The third-order valence-corrected chi connectivity index (χ3v) is 4.38. The van der Waals surface area contributed by atoms with E-state index in [-0.39, 0.29) is 12.1 Å². The van der Waals surface area contributed by atoms with E-state index in [0.717, 1.165) is 19.5 Å². The van der Waals surface area contributed by atoms with Gasteiger partial charge in [-0.3, -0.25) is 4.90 Å². The summed E-state index contributed by atoms with van der Waals surface area (Å²) < 4.78 is 0. The number of aliphatic hydroxyl groups excluding tert-OH is 1. The van der Waals surface area contributed by atoms with E-state index >= 15 is 0 Å². The van der Waals surface area contributed by atoms with Gasteiger partial charge in [-0.15, -0.1) is 0 Å². The molecule has 2 nitrogen and oxygen atoms in total. The van der Waals surface area contributed by atoms with Gasteiger partial charge < -0.3 is 5.11 Å². The van der Waals surface area contributed by atoms with Crippen molar-refractivity contribution in [1.82, 2.24) is 4.90 Å². The lowest BCUT2D eigenvalue weighted by atomic mass is 9.88. The van der Waals surface area contributed by atoms with E-state index in [1.165, 1.54) is 11.1 Å². The van der Waals surface area contributed by atoms with Gasteiger partial charge in [-0.1, -0.05) is 74.5 Å². The largest absolute Gasteiger partial charge is 0.394 e. The van der Waals surface area contributed by atoms with Crippen molar-refractivity contribution < 1.29 is 5.11 Å². The first-order chi connectivity index (χ1) is 11.0. The van der Waals surface area contributed by atoms with Gasteiger partial charge in [0.25, 0.3) is 0 Å². The number of benzene rings is 2. The molecule has 0 aliphatic carbocycles. The average Bonchev–Trinajstić information content (AvgIpc) is 2.55. The quantitative estimate of drug-likeness (QED) is 0.776. The molecule has 1 atom stereocenters. The van der Waals surface area contributed by atoms with Gasteiger partial charge in [0.1, 0.15) is 0 Å². The van der Waals surface area contributed by atoms with Crippen LogP contribution in [0.1, 0.15) is 38.3 Å². The molecule has 124 valence electrons. The lowest BCUT2D eigenvalue weighted by Crippen LogP contribution is -2.49. The lowest BCUT2D eigenvalue weighted by molar-refractivity contribution is 0.0145. The van der Waals surface area contributed by atoms with Crippen molar-refractivity contribution >= 4 is 0 Å². The first kappa shape index (κ1) is 17.7. The van der Waals surface area contributed by atoms with Crippen LogP contribution in [0.2, 0.25) is 0 Å². The molecular formula is C21H29NO. The fourth-order valence-corrected chi connectivity index (χ4v) is 3.22. The Morgan fingerprint density at radius 1 is 0.870 bits per heavy atom. The highest BCUT2D eigenvalue weighted by Gasteiger charge is 2.32. The number of rotatable bonds is 8. The van der Waals surface area contributed by atoms with Crippen molar-refractivity contribution in [3.8, 4) is 0 Å². The molecule has 0 heterocycles. The fraction of sp³-hybridized carbons (Fsp3) is 0.429. The topological polar surface area (TPSA) is 23.5 Å². The smallest absolute Gasteiger partial charge is 0.0613 e. The molecule has 23 heavy (non-hydrogen) atoms. The monoisotopic (exact) mass is 311 g/mol. The average molecular weight is 311 g/mol. The Morgan fingerprint density at radius 2 is 1.30 bits per heavy atom. The van der Waals surface area contributed by atoms with E-state index in [2.05, 4.69) is 74.2 Å². The zero-order valence-electron chi connectivity index (χ0n) is 14.6. The maximum absolute atomic E-state index is 10.1. The number of aliphatic hydroxyl groups is 1. The molecule has 0 amide bonds. The van der Waals surface area contributed by atoms with Gasteiger partial charge in [0.05, 0.1) is 6.61 Å². The zero-order chi connectivity index (χ0) is 16.7. The normalized spacial score (nSPS) is 14.2. The Morgan fingerprint density at radius 3 is 1.65 bits per heavy atom. The van der Waals surface area contributed by atoms with Crippen LogP contribution < -0.4 is 0 Å². The molecule has 0 aromatic heterocycles. The highest BCUT2D eigenvalue weighted by Crippen LogP contribution is 2.27. The molecule has 0 fully saturated rings. The van der Waals surface area contributed by atoms with Crippen molar-refractivity contribution in [3.05, 3.63) is 71.8 Å². The van der Waals surface area contributed by atoms with Crippen LogP contribution >= 0.6 is 0 Å². The molecule has 0 radical (unpaired) electrons. The second-order valence-corrected chi connectivity index (χ2v) is 7.08. The summed E-state index contributed by atoms with van der Waals surface area (Å²) in [6.07, 6.45) is 0.975. The third-order valence-electron chi connectivity index (χ3n) is 4.38. The standard InChI is InChI=1S/C21H29NO/c1-18(2)14-21(3,17-23)22(15-19-10-6-4-7-11-19)16-20-12-8-5-9-13-20/h4-13,18,23H,14-17H2,1-3H3. The molecule has 0 spiro atoms. The van der Waals surface area contributed by atoms with Gasteiger partial charge in [-0.25, -0.2) is 0 Å². The summed E-state index contributed by atoms with van der Waals surface area (Å²) in [6.45, 7) is 8.48. The Labute approximate surface area is 140 Å². The third kappa shape index (κ3) is 5.19. The zero-order valence-corrected chi connectivity index (χ0v) is 14.6. The maximum atomic E-state index is 10.1. The van der Waals surface area contributed by atoms with Crippen LogP contribution in [0, 0.1) is 5.92 Å². The van der Waals surface area contributed by atoms with Crippen LogP contribution in [-0.4, -0.2) is 22.2 Å². The predicted molar refractivity (Wildman–Crippen MR) is 97.1 cm³/mol. The molecule has 0 aliphatic rings. The molecule has 0 saturated heterocycles. The van der Waals surface area contributed by atoms with Crippen LogP contribution in [0.4, 0.5) is 0 Å². The fourth-order valence-electron chi connectivity index (χ4n) is 3.22. The van der Waals surface area contributed by atoms with Crippen LogP contribution in [0.25, 0.3) is 0 Å². The maximum Gasteiger partial charge on any atom is 0.0613 e. The van der Waals surface area contributed by atoms with Crippen LogP contribution in [0.5, 0.6) is 0 Å². The molecule has 2 rings (SSSR count). The van der Waals surface area contributed by atoms with Crippen LogP contribution in [0.3, 0.4) is 0 Å². The Hall–Kier alpha value is -1.64. The van der Waals surface area contributed by atoms with Gasteiger partial charge >= 0.3 is 0 Å². The highest BCUT2D eigenvalue weighted by atomic mass is 16.3. The van der Waals surface area contributed by atoms with E-state index in [4.69, 9.17) is 0 Å². The summed E-state index contributed by atoms with van der Waals surface area (Å²) in [6, 6.07) is 21.0. The molecule has 0 aliphatic heterocycles. The van der Waals surface area contributed by atoms with Crippen molar-refractivity contribution in [2.45, 2.75) is 45.8 Å². The van der Waals surface area contributed by atoms with Gasteiger partial charge in [0.2, 0.25) is 0 Å². The predicted octanol–water partition coefficient (Wildman–Crippen LogP) is 4.49. The lowest BCUT2D eigenvalue weighted by Gasteiger charge is -2.41. The highest BCUT2D eigenvalue weighted by molar-refractivity contribution is 5.18. The Kier molecular flexibility index (Phi) is 6.37. The van der Waals surface area contributed by atoms with Crippen molar-refractivity contribution in [2.75, 3.05) is 6.61 Å². The van der Waals surface area contributed by atoms with Gasteiger partial charge in [-0.2, -0.15) is 0 Å². The summed E-state index contributed by atoms with van der Waals surface area (Å²) >= 11 is 0. The van der Waals surface area contributed by atoms with Crippen LogP contribution in [0.15, 0.2) is 60.7 Å². The van der Waals surface area contributed by atoms with E-state index in [9.17, 15) is 5.11 Å². The molecule has 0 saturated carbocycles. The molecular weight excluding hydrogens is 282 g/mol. The number of hydrogen-bond donors (Lipinski definition) is 1. The first-order valence-corrected chi connectivity index (χ1v) is 8.47. The van der Waals surface area contributed by atoms with Crippen molar-refractivity contribution in [1.29, 1.82) is 0 Å². The molecule has 2 heteroatoms. The summed E-state index contributed by atoms with van der Waals surface area (Å²) in [5, 5.41) is 10.1. The van der Waals surface area contributed by atoms with Crippen molar-refractivity contribution in [2.24, 2.45) is 5.92 Å².